The topological polar surface area (TPSA) is 73.5 Å². The lowest BCUT2D eigenvalue weighted by Crippen LogP contribution is -2.50. The van der Waals surface area contributed by atoms with Crippen LogP contribution in [0.25, 0.3) is 0 Å². The highest BCUT2D eigenvalue weighted by Crippen LogP contribution is 2.12. The number of piperidine rings is 1. The van der Waals surface area contributed by atoms with E-state index in [-0.39, 0.29) is 23.9 Å². The van der Waals surface area contributed by atoms with Gasteiger partial charge in [0.2, 0.25) is 11.8 Å². The molecule has 130 valence electrons. The first-order valence-corrected chi connectivity index (χ1v) is 8.82. The minimum Gasteiger partial charge on any atom is -0.352 e. The SMILES string of the molecule is O=C(CN1CCC(NC(=O)C2CCCN2)CC1)Nc1ccccc1. The summed E-state index contributed by atoms with van der Waals surface area (Å²) in [6.45, 7) is 3.02. The Balaban J connectivity index is 1.37. The first-order chi connectivity index (χ1) is 11.7. The van der Waals surface area contributed by atoms with Crippen LogP contribution in [0.5, 0.6) is 0 Å². The maximum absolute atomic E-state index is 12.1. The molecule has 0 bridgehead atoms. The third-order valence-electron chi connectivity index (χ3n) is 4.74. The lowest BCUT2D eigenvalue weighted by atomic mass is 10.0. The van der Waals surface area contributed by atoms with Gasteiger partial charge in [0.05, 0.1) is 12.6 Å². The Morgan fingerprint density at radius 1 is 1.12 bits per heavy atom. The van der Waals surface area contributed by atoms with Gasteiger partial charge in [-0.25, -0.2) is 0 Å². The molecule has 2 amide bonds. The molecule has 3 N–H and O–H groups in total. The van der Waals surface area contributed by atoms with Gasteiger partial charge in [-0.3, -0.25) is 14.5 Å². The lowest BCUT2D eigenvalue weighted by molar-refractivity contribution is -0.124. The minimum atomic E-state index is -0.0142. The van der Waals surface area contributed by atoms with Crippen LogP contribution >= 0.6 is 0 Å². The number of nitrogens with one attached hydrogen (secondary N) is 3. The highest BCUT2D eigenvalue weighted by atomic mass is 16.2. The fourth-order valence-corrected chi connectivity index (χ4v) is 3.37. The fraction of sp³-hybridized carbons (Fsp3) is 0.556. The van der Waals surface area contributed by atoms with Crippen LogP contribution in [0.3, 0.4) is 0 Å². The van der Waals surface area contributed by atoms with Gasteiger partial charge in [-0.1, -0.05) is 18.2 Å². The predicted molar refractivity (Wildman–Crippen MR) is 93.7 cm³/mol. The summed E-state index contributed by atoms with van der Waals surface area (Å²) in [7, 11) is 0. The molecule has 2 fully saturated rings. The summed E-state index contributed by atoms with van der Waals surface area (Å²) in [4.78, 5) is 26.4. The van der Waals surface area contributed by atoms with Crippen LogP contribution in [-0.4, -0.2) is 55.0 Å². The van der Waals surface area contributed by atoms with Crippen LogP contribution in [0.2, 0.25) is 0 Å². The van der Waals surface area contributed by atoms with E-state index in [2.05, 4.69) is 20.9 Å². The first-order valence-electron chi connectivity index (χ1n) is 8.82. The molecule has 0 aliphatic carbocycles. The van der Waals surface area contributed by atoms with Crippen LogP contribution in [0.4, 0.5) is 5.69 Å². The molecule has 2 saturated heterocycles. The molecule has 1 aromatic rings. The molecule has 6 heteroatoms. The van der Waals surface area contributed by atoms with E-state index in [1.165, 1.54) is 0 Å². The summed E-state index contributed by atoms with van der Waals surface area (Å²) in [5, 5.41) is 9.29. The number of rotatable bonds is 5. The molecule has 1 atom stereocenters. The average molecular weight is 330 g/mol. The number of hydrogen-bond acceptors (Lipinski definition) is 4. The molecule has 3 rings (SSSR count). The first kappa shape index (κ1) is 16.9. The Labute approximate surface area is 143 Å². The highest BCUT2D eigenvalue weighted by molar-refractivity contribution is 5.92. The third kappa shape index (κ3) is 4.79. The summed E-state index contributed by atoms with van der Waals surface area (Å²) in [5.74, 6) is 0.145. The number of nitrogens with zero attached hydrogens (tertiary/aromatic N) is 1. The maximum Gasteiger partial charge on any atom is 0.238 e. The summed E-state index contributed by atoms with van der Waals surface area (Å²) < 4.78 is 0. The van der Waals surface area contributed by atoms with Crippen molar-refractivity contribution in [3.63, 3.8) is 0 Å². The highest BCUT2D eigenvalue weighted by Gasteiger charge is 2.26. The number of benzene rings is 1. The second-order valence-corrected chi connectivity index (χ2v) is 6.62. The molecule has 1 unspecified atom stereocenters. The smallest absolute Gasteiger partial charge is 0.238 e. The Morgan fingerprint density at radius 3 is 2.54 bits per heavy atom. The standard InChI is InChI=1S/C18H26N4O2/c23-17(20-14-5-2-1-3-6-14)13-22-11-8-15(9-12-22)21-18(24)16-7-4-10-19-16/h1-3,5-6,15-16,19H,4,7-13H2,(H,20,23)(H,21,24). The molecule has 6 nitrogen and oxygen atoms in total. The van der Waals surface area contributed by atoms with Gasteiger partial charge in [-0.05, 0) is 44.4 Å². The van der Waals surface area contributed by atoms with Crippen molar-refractivity contribution in [2.24, 2.45) is 0 Å². The van der Waals surface area contributed by atoms with Gasteiger partial charge in [-0.2, -0.15) is 0 Å². The monoisotopic (exact) mass is 330 g/mol. The minimum absolute atomic E-state index is 0.0128. The van der Waals surface area contributed by atoms with Crippen molar-refractivity contribution < 1.29 is 9.59 Å². The second-order valence-electron chi connectivity index (χ2n) is 6.62. The molecule has 0 radical (unpaired) electrons. The van der Waals surface area contributed by atoms with Crippen LogP contribution in [-0.2, 0) is 9.59 Å². The summed E-state index contributed by atoms with van der Waals surface area (Å²) in [6.07, 6.45) is 3.81. The van der Waals surface area contributed by atoms with Crippen LogP contribution in [0, 0.1) is 0 Å². The van der Waals surface area contributed by atoms with E-state index in [0.717, 1.165) is 51.0 Å². The summed E-state index contributed by atoms with van der Waals surface area (Å²) in [5.41, 5.74) is 0.828. The number of anilines is 1. The number of likely N-dealkylation sites (tertiary alicyclic amines) is 1. The van der Waals surface area contributed by atoms with Crippen molar-refractivity contribution in [2.75, 3.05) is 31.5 Å². The Bertz CT molecular complexity index is 549. The predicted octanol–water partition coefficient (Wildman–Crippen LogP) is 0.958. The lowest BCUT2D eigenvalue weighted by Gasteiger charge is -2.32. The van der Waals surface area contributed by atoms with Gasteiger partial charge in [0.15, 0.2) is 0 Å². The zero-order chi connectivity index (χ0) is 16.8. The van der Waals surface area contributed by atoms with E-state index in [1.807, 2.05) is 30.3 Å². The third-order valence-corrected chi connectivity index (χ3v) is 4.74. The van der Waals surface area contributed by atoms with Crippen molar-refractivity contribution in [3.05, 3.63) is 30.3 Å². The molecule has 2 heterocycles. The van der Waals surface area contributed by atoms with Crippen molar-refractivity contribution in [2.45, 2.75) is 37.8 Å². The van der Waals surface area contributed by atoms with E-state index in [1.54, 1.807) is 0 Å². The van der Waals surface area contributed by atoms with E-state index in [4.69, 9.17) is 0 Å². The number of carbonyl (C=O) groups is 2. The zero-order valence-corrected chi connectivity index (χ0v) is 14.0. The van der Waals surface area contributed by atoms with Gasteiger partial charge in [-0.15, -0.1) is 0 Å². The van der Waals surface area contributed by atoms with Gasteiger partial charge < -0.3 is 16.0 Å². The van der Waals surface area contributed by atoms with Crippen molar-refractivity contribution in [1.29, 1.82) is 0 Å². The molecule has 0 saturated carbocycles. The quantitative estimate of drug-likeness (QED) is 0.752. The molecule has 2 aliphatic rings. The second kappa shape index (κ2) is 8.26. The molecule has 2 aliphatic heterocycles. The van der Waals surface area contributed by atoms with Crippen LogP contribution < -0.4 is 16.0 Å². The number of para-hydroxylation sites is 1. The van der Waals surface area contributed by atoms with Gasteiger partial charge in [0, 0.05) is 24.8 Å². The summed E-state index contributed by atoms with van der Waals surface area (Å²) in [6, 6.07) is 9.72. The molecule has 0 aromatic heterocycles. The van der Waals surface area contributed by atoms with E-state index >= 15 is 0 Å². The largest absolute Gasteiger partial charge is 0.352 e. The Kier molecular flexibility index (Phi) is 5.82. The molecule has 1 aromatic carbocycles. The molecular weight excluding hydrogens is 304 g/mol. The average Bonchev–Trinajstić information content (AvgIpc) is 3.12. The maximum atomic E-state index is 12.1. The molecule has 24 heavy (non-hydrogen) atoms. The van der Waals surface area contributed by atoms with Crippen molar-refractivity contribution in [1.82, 2.24) is 15.5 Å². The van der Waals surface area contributed by atoms with Gasteiger partial charge in [0.25, 0.3) is 0 Å². The van der Waals surface area contributed by atoms with E-state index in [0.29, 0.717) is 6.54 Å². The van der Waals surface area contributed by atoms with Crippen LogP contribution in [0.15, 0.2) is 30.3 Å². The number of carbonyl (C=O) groups excluding carboxylic acids is 2. The molecule has 0 spiro atoms. The summed E-state index contributed by atoms with van der Waals surface area (Å²) >= 11 is 0. The van der Waals surface area contributed by atoms with Crippen LogP contribution in [0.1, 0.15) is 25.7 Å². The van der Waals surface area contributed by atoms with E-state index in [9.17, 15) is 9.59 Å². The normalized spacial score (nSPS) is 22.2. The van der Waals surface area contributed by atoms with Crippen molar-refractivity contribution >= 4 is 17.5 Å². The van der Waals surface area contributed by atoms with E-state index < -0.39 is 0 Å². The fourth-order valence-electron chi connectivity index (χ4n) is 3.37. The van der Waals surface area contributed by atoms with Crippen molar-refractivity contribution in [3.8, 4) is 0 Å². The number of amides is 2. The Morgan fingerprint density at radius 2 is 1.88 bits per heavy atom. The Hall–Kier alpha value is -1.92. The van der Waals surface area contributed by atoms with Gasteiger partial charge >= 0.3 is 0 Å². The molecular formula is C18H26N4O2. The number of hydrogen-bond donors (Lipinski definition) is 3. The zero-order valence-electron chi connectivity index (χ0n) is 14.0. The van der Waals surface area contributed by atoms with Gasteiger partial charge in [0.1, 0.15) is 0 Å².